The molecule has 2 heterocycles. The monoisotopic (exact) mass is 283 g/mol. The standard InChI is InChI=1S/C12H17N3O3S/c1-3-14(4-2)12(16)10-5-6-11-13-19(17,18)8-7-15(11)9-10/h5-6,9H,3-4,7-8H2,1-2H3. The van der Waals surface area contributed by atoms with E-state index >= 15 is 0 Å². The van der Waals surface area contributed by atoms with Crippen LogP contribution in [0.15, 0.2) is 28.3 Å². The van der Waals surface area contributed by atoms with Crippen LogP contribution in [0.3, 0.4) is 0 Å². The Morgan fingerprint density at radius 1 is 1.37 bits per heavy atom. The molecule has 0 aliphatic carbocycles. The minimum absolute atomic E-state index is 0.0203. The predicted octanol–water partition coefficient (Wildman–Crippen LogP) is 0.352. The zero-order valence-corrected chi connectivity index (χ0v) is 11.9. The summed E-state index contributed by atoms with van der Waals surface area (Å²) < 4.78 is 26.4. The molecule has 1 amide bonds. The summed E-state index contributed by atoms with van der Waals surface area (Å²) in [6.07, 6.45) is 4.87. The van der Waals surface area contributed by atoms with E-state index in [1.807, 2.05) is 13.8 Å². The molecule has 19 heavy (non-hydrogen) atoms. The summed E-state index contributed by atoms with van der Waals surface area (Å²) in [5, 5.41) is 0. The van der Waals surface area contributed by atoms with Gasteiger partial charge in [-0.25, -0.2) is 8.42 Å². The van der Waals surface area contributed by atoms with Crippen LogP contribution in [0.2, 0.25) is 0 Å². The number of nitrogens with zero attached hydrogens (tertiary/aromatic N) is 3. The zero-order valence-electron chi connectivity index (χ0n) is 11.0. The molecular formula is C12H17N3O3S. The van der Waals surface area contributed by atoms with Crippen molar-refractivity contribution in [2.24, 2.45) is 4.40 Å². The molecule has 0 spiro atoms. The highest BCUT2D eigenvalue weighted by atomic mass is 32.2. The number of sulfonamides is 1. The fraction of sp³-hybridized carbons (Fsp3) is 0.500. The Morgan fingerprint density at radius 2 is 2.05 bits per heavy atom. The summed E-state index contributed by atoms with van der Waals surface area (Å²) in [5.74, 6) is 0.309. The Labute approximate surface area is 113 Å². The van der Waals surface area contributed by atoms with Crippen LogP contribution in [0.5, 0.6) is 0 Å². The van der Waals surface area contributed by atoms with Gasteiger partial charge in [0, 0.05) is 25.8 Å². The summed E-state index contributed by atoms with van der Waals surface area (Å²) in [6.45, 7) is 5.48. The second-order valence-electron chi connectivity index (χ2n) is 4.32. The number of amides is 1. The molecule has 0 radical (unpaired) electrons. The maximum absolute atomic E-state index is 12.2. The zero-order chi connectivity index (χ0) is 14.0. The highest BCUT2D eigenvalue weighted by Gasteiger charge is 2.25. The van der Waals surface area contributed by atoms with Gasteiger partial charge < -0.3 is 9.80 Å². The molecule has 0 aromatic heterocycles. The summed E-state index contributed by atoms with van der Waals surface area (Å²) in [4.78, 5) is 15.6. The van der Waals surface area contributed by atoms with Gasteiger partial charge in [-0.15, -0.1) is 4.40 Å². The minimum atomic E-state index is -3.35. The van der Waals surface area contributed by atoms with Gasteiger partial charge in [0.2, 0.25) is 0 Å². The van der Waals surface area contributed by atoms with E-state index in [-0.39, 0.29) is 11.7 Å². The highest BCUT2D eigenvalue weighted by molar-refractivity contribution is 7.90. The molecule has 0 saturated carbocycles. The van der Waals surface area contributed by atoms with Crippen LogP contribution in [0, 0.1) is 0 Å². The number of amidine groups is 1. The van der Waals surface area contributed by atoms with E-state index in [0.29, 0.717) is 31.0 Å². The van der Waals surface area contributed by atoms with E-state index in [2.05, 4.69) is 4.40 Å². The average Bonchev–Trinajstić information content (AvgIpc) is 2.38. The van der Waals surface area contributed by atoms with Gasteiger partial charge in [-0.3, -0.25) is 4.79 Å². The van der Waals surface area contributed by atoms with Crippen molar-refractivity contribution in [2.45, 2.75) is 13.8 Å². The number of fused-ring (bicyclic) bond motifs is 1. The van der Waals surface area contributed by atoms with Crippen LogP contribution in [-0.4, -0.2) is 55.3 Å². The van der Waals surface area contributed by atoms with Crippen LogP contribution >= 0.6 is 0 Å². The third-order valence-corrected chi connectivity index (χ3v) is 4.29. The van der Waals surface area contributed by atoms with Gasteiger partial charge in [-0.05, 0) is 26.0 Å². The van der Waals surface area contributed by atoms with Crippen molar-refractivity contribution in [3.63, 3.8) is 0 Å². The smallest absolute Gasteiger partial charge is 0.256 e. The maximum atomic E-state index is 12.2. The number of hydrogen-bond acceptors (Lipinski definition) is 4. The first-order chi connectivity index (χ1) is 8.96. The molecule has 104 valence electrons. The quantitative estimate of drug-likeness (QED) is 0.749. The van der Waals surface area contributed by atoms with Gasteiger partial charge in [0.05, 0.1) is 11.3 Å². The Hall–Kier alpha value is -1.63. The molecular weight excluding hydrogens is 266 g/mol. The fourth-order valence-electron chi connectivity index (χ4n) is 2.02. The Kier molecular flexibility index (Phi) is 3.75. The number of rotatable bonds is 3. The third kappa shape index (κ3) is 2.86. The second kappa shape index (κ2) is 5.16. The van der Waals surface area contributed by atoms with Gasteiger partial charge in [0.1, 0.15) is 5.84 Å². The number of carbonyl (C=O) groups is 1. The minimum Gasteiger partial charge on any atom is -0.339 e. The van der Waals surface area contributed by atoms with Crippen LogP contribution in [-0.2, 0) is 14.8 Å². The van der Waals surface area contributed by atoms with Gasteiger partial charge in [0.25, 0.3) is 15.9 Å². The molecule has 6 nitrogen and oxygen atoms in total. The van der Waals surface area contributed by atoms with Crippen molar-refractivity contribution in [3.8, 4) is 0 Å². The molecule has 2 aliphatic rings. The highest BCUT2D eigenvalue weighted by Crippen LogP contribution is 2.17. The molecule has 2 aliphatic heterocycles. The van der Waals surface area contributed by atoms with Gasteiger partial charge in [-0.2, -0.15) is 0 Å². The van der Waals surface area contributed by atoms with Crippen molar-refractivity contribution >= 4 is 21.8 Å². The van der Waals surface area contributed by atoms with Crippen molar-refractivity contribution in [2.75, 3.05) is 25.4 Å². The Bertz CT molecular complexity index is 571. The largest absolute Gasteiger partial charge is 0.339 e. The van der Waals surface area contributed by atoms with Gasteiger partial charge >= 0.3 is 0 Å². The number of likely N-dealkylation sites (N-methyl/N-ethyl adjacent to an activating group) is 1. The lowest BCUT2D eigenvalue weighted by molar-refractivity contribution is -0.126. The van der Waals surface area contributed by atoms with Crippen LogP contribution in [0.25, 0.3) is 0 Å². The Balaban J connectivity index is 2.24. The van der Waals surface area contributed by atoms with Crippen molar-refractivity contribution in [1.82, 2.24) is 9.80 Å². The van der Waals surface area contributed by atoms with Gasteiger partial charge in [-0.1, -0.05) is 0 Å². The lowest BCUT2D eigenvalue weighted by atomic mass is 10.1. The van der Waals surface area contributed by atoms with E-state index in [4.69, 9.17) is 0 Å². The summed E-state index contributed by atoms with van der Waals surface area (Å²) in [6, 6.07) is 0. The SMILES string of the molecule is CCN(CC)C(=O)C1=CN2CCS(=O)(=O)N=C2C=C1. The van der Waals surface area contributed by atoms with E-state index < -0.39 is 10.0 Å². The summed E-state index contributed by atoms with van der Waals surface area (Å²) >= 11 is 0. The number of carbonyl (C=O) groups excluding carboxylic acids is 1. The average molecular weight is 283 g/mol. The predicted molar refractivity (Wildman–Crippen MR) is 73.1 cm³/mol. The van der Waals surface area contributed by atoms with Crippen molar-refractivity contribution in [3.05, 3.63) is 23.9 Å². The topological polar surface area (TPSA) is 70.1 Å². The van der Waals surface area contributed by atoms with Crippen molar-refractivity contribution in [1.29, 1.82) is 0 Å². The van der Waals surface area contributed by atoms with Crippen molar-refractivity contribution < 1.29 is 13.2 Å². The first-order valence-electron chi connectivity index (χ1n) is 6.25. The van der Waals surface area contributed by atoms with E-state index in [9.17, 15) is 13.2 Å². The molecule has 0 unspecified atom stereocenters. The normalized spacial score (nSPS) is 20.4. The molecule has 0 atom stereocenters. The molecule has 0 bridgehead atoms. The molecule has 0 aromatic carbocycles. The first-order valence-corrected chi connectivity index (χ1v) is 7.86. The van der Waals surface area contributed by atoms with Crippen LogP contribution in [0.1, 0.15) is 13.8 Å². The molecule has 0 aromatic rings. The first kappa shape index (κ1) is 13.8. The van der Waals surface area contributed by atoms with Gasteiger partial charge in [0.15, 0.2) is 0 Å². The lowest BCUT2D eigenvalue weighted by Crippen LogP contribution is -2.39. The summed E-state index contributed by atoms with van der Waals surface area (Å²) in [7, 11) is -3.35. The van der Waals surface area contributed by atoms with Crippen LogP contribution in [0.4, 0.5) is 0 Å². The fourth-order valence-corrected chi connectivity index (χ4v) is 2.99. The maximum Gasteiger partial charge on any atom is 0.256 e. The third-order valence-electron chi connectivity index (χ3n) is 3.12. The molecule has 7 heteroatoms. The molecule has 0 saturated heterocycles. The summed E-state index contributed by atoms with van der Waals surface area (Å²) in [5.41, 5.74) is 0.557. The molecule has 0 fully saturated rings. The second-order valence-corrected chi connectivity index (χ2v) is 6.08. The Morgan fingerprint density at radius 3 is 2.68 bits per heavy atom. The number of hydrogen-bond donors (Lipinski definition) is 0. The molecule has 2 rings (SSSR count). The van der Waals surface area contributed by atoms with E-state index in [1.54, 1.807) is 28.2 Å². The molecule has 0 N–H and O–H groups in total. The van der Waals surface area contributed by atoms with Crippen LogP contribution < -0.4 is 0 Å². The van der Waals surface area contributed by atoms with E-state index in [1.165, 1.54) is 0 Å². The van der Waals surface area contributed by atoms with E-state index in [0.717, 1.165) is 0 Å². The lowest BCUT2D eigenvalue weighted by Gasteiger charge is -2.28.